The van der Waals surface area contributed by atoms with Crippen molar-refractivity contribution in [3.8, 4) is 11.5 Å². The molecule has 0 bridgehead atoms. The average molecular weight is 294 g/mol. The van der Waals surface area contributed by atoms with Crippen molar-refractivity contribution < 1.29 is 14.9 Å². The van der Waals surface area contributed by atoms with Gasteiger partial charge in [0.15, 0.2) is 0 Å². The molecule has 0 saturated heterocycles. The van der Waals surface area contributed by atoms with Crippen LogP contribution in [-0.2, 0) is 13.2 Å². The van der Waals surface area contributed by atoms with Gasteiger partial charge in [-0.25, -0.2) is 0 Å². The number of phenols is 1. The van der Waals surface area contributed by atoms with Crippen LogP contribution in [0.5, 0.6) is 11.5 Å². The normalized spacial score (nSPS) is 10.3. The number of halogens is 1. The fraction of sp³-hybridized carbons (Fsp3) is 0.200. The third-order valence-electron chi connectivity index (χ3n) is 2.96. The molecule has 106 valence electrons. The largest absolute Gasteiger partial charge is 0.508 e. The molecule has 0 heterocycles. The zero-order valence-electron chi connectivity index (χ0n) is 11.1. The predicted octanol–water partition coefficient (Wildman–Crippen LogP) is 3.16. The van der Waals surface area contributed by atoms with Gasteiger partial charge in [-0.05, 0) is 23.8 Å². The highest BCUT2D eigenvalue weighted by molar-refractivity contribution is 6.33. The first-order chi connectivity index (χ1) is 9.63. The Morgan fingerprint density at radius 1 is 1.20 bits per heavy atom. The average Bonchev–Trinajstić information content (AvgIpc) is 2.47. The van der Waals surface area contributed by atoms with Crippen molar-refractivity contribution in [2.45, 2.75) is 13.2 Å². The van der Waals surface area contributed by atoms with Crippen LogP contribution in [0.25, 0.3) is 0 Å². The van der Waals surface area contributed by atoms with E-state index in [1.807, 2.05) is 12.1 Å². The van der Waals surface area contributed by atoms with E-state index in [1.165, 1.54) is 0 Å². The molecule has 0 aromatic heterocycles. The Labute approximate surface area is 122 Å². The van der Waals surface area contributed by atoms with Crippen LogP contribution < -0.4 is 10.1 Å². The maximum atomic E-state index is 9.23. The first-order valence-electron chi connectivity index (χ1n) is 6.13. The molecule has 2 aromatic rings. The van der Waals surface area contributed by atoms with Gasteiger partial charge in [-0.1, -0.05) is 23.7 Å². The summed E-state index contributed by atoms with van der Waals surface area (Å²) in [5, 5.41) is 22.2. The van der Waals surface area contributed by atoms with Crippen molar-refractivity contribution in [2.75, 3.05) is 12.4 Å². The number of aliphatic hydroxyl groups excluding tert-OH is 1. The van der Waals surface area contributed by atoms with Crippen LogP contribution in [0, 0.1) is 0 Å². The molecule has 0 aliphatic carbocycles. The zero-order valence-corrected chi connectivity index (χ0v) is 11.8. The lowest BCUT2D eigenvalue weighted by atomic mass is 10.1. The van der Waals surface area contributed by atoms with Gasteiger partial charge in [0.1, 0.15) is 11.5 Å². The summed E-state index contributed by atoms with van der Waals surface area (Å²) in [6, 6.07) is 10.4. The second kappa shape index (κ2) is 6.50. The summed E-state index contributed by atoms with van der Waals surface area (Å²) in [4.78, 5) is 0. The van der Waals surface area contributed by atoms with Gasteiger partial charge in [-0.15, -0.1) is 0 Å². The van der Waals surface area contributed by atoms with E-state index in [1.54, 1.807) is 31.4 Å². The SMILES string of the molecule is COc1cc(NCc2ccc(O)cc2)c(Cl)cc1CO. The maximum Gasteiger partial charge on any atom is 0.126 e. The van der Waals surface area contributed by atoms with Crippen LogP contribution >= 0.6 is 11.6 Å². The number of rotatable bonds is 5. The van der Waals surface area contributed by atoms with Crippen molar-refractivity contribution in [1.29, 1.82) is 0 Å². The molecule has 4 nitrogen and oxygen atoms in total. The third-order valence-corrected chi connectivity index (χ3v) is 3.27. The van der Waals surface area contributed by atoms with Crippen LogP contribution in [-0.4, -0.2) is 17.3 Å². The van der Waals surface area contributed by atoms with Gasteiger partial charge >= 0.3 is 0 Å². The number of hydrogen-bond acceptors (Lipinski definition) is 4. The van der Waals surface area contributed by atoms with Crippen LogP contribution in [0.15, 0.2) is 36.4 Å². The lowest BCUT2D eigenvalue weighted by molar-refractivity contribution is 0.274. The van der Waals surface area contributed by atoms with Crippen LogP contribution in [0.3, 0.4) is 0 Å². The quantitative estimate of drug-likeness (QED) is 0.792. The van der Waals surface area contributed by atoms with Gasteiger partial charge in [0.2, 0.25) is 0 Å². The zero-order chi connectivity index (χ0) is 14.5. The van der Waals surface area contributed by atoms with Gasteiger partial charge in [0.25, 0.3) is 0 Å². The van der Waals surface area contributed by atoms with Gasteiger partial charge in [0.05, 0.1) is 24.4 Å². The van der Waals surface area contributed by atoms with Crippen molar-refractivity contribution in [3.05, 3.63) is 52.5 Å². The number of nitrogens with one attached hydrogen (secondary N) is 1. The Kier molecular flexibility index (Phi) is 4.71. The summed E-state index contributed by atoms with van der Waals surface area (Å²) in [7, 11) is 1.55. The Morgan fingerprint density at radius 3 is 2.50 bits per heavy atom. The van der Waals surface area contributed by atoms with Gasteiger partial charge in [-0.2, -0.15) is 0 Å². The van der Waals surface area contributed by atoms with E-state index in [9.17, 15) is 10.2 Å². The van der Waals surface area contributed by atoms with Crippen LogP contribution in [0.1, 0.15) is 11.1 Å². The summed E-state index contributed by atoms with van der Waals surface area (Å²) in [5.41, 5.74) is 2.39. The molecule has 0 aliphatic rings. The molecule has 0 unspecified atom stereocenters. The minimum absolute atomic E-state index is 0.124. The summed E-state index contributed by atoms with van der Waals surface area (Å²) in [6.07, 6.45) is 0. The van der Waals surface area contributed by atoms with Crippen molar-refractivity contribution in [2.24, 2.45) is 0 Å². The number of anilines is 1. The number of aliphatic hydroxyl groups is 1. The fourth-order valence-corrected chi connectivity index (χ4v) is 2.11. The molecule has 20 heavy (non-hydrogen) atoms. The number of hydrogen-bond donors (Lipinski definition) is 3. The second-order valence-corrected chi connectivity index (χ2v) is 4.73. The molecule has 0 radical (unpaired) electrons. The van der Waals surface area contributed by atoms with Gasteiger partial charge in [0, 0.05) is 18.2 Å². The highest BCUT2D eigenvalue weighted by Gasteiger charge is 2.08. The molecule has 0 amide bonds. The number of ether oxygens (including phenoxy) is 1. The number of phenolic OH excluding ortho intramolecular Hbond substituents is 1. The van der Waals surface area contributed by atoms with Crippen molar-refractivity contribution in [1.82, 2.24) is 0 Å². The summed E-state index contributed by atoms with van der Waals surface area (Å²) < 4.78 is 5.21. The molecule has 2 aromatic carbocycles. The monoisotopic (exact) mass is 293 g/mol. The van der Waals surface area contributed by atoms with Crippen molar-refractivity contribution >= 4 is 17.3 Å². The molecule has 0 fully saturated rings. The Morgan fingerprint density at radius 2 is 1.90 bits per heavy atom. The van der Waals surface area contributed by atoms with E-state index in [0.29, 0.717) is 22.9 Å². The molecule has 0 saturated carbocycles. The molecule has 3 N–H and O–H groups in total. The van der Waals surface area contributed by atoms with Crippen LogP contribution in [0.4, 0.5) is 5.69 Å². The first kappa shape index (κ1) is 14.5. The lowest BCUT2D eigenvalue weighted by Crippen LogP contribution is -2.01. The smallest absolute Gasteiger partial charge is 0.126 e. The standard InChI is InChI=1S/C15H16ClNO3/c1-20-15-7-14(13(16)6-11(15)9-18)17-8-10-2-4-12(19)5-3-10/h2-7,17-19H,8-9H2,1H3. The minimum atomic E-state index is -0.124. The predicted molar refractivity (Wildman–Crippen MR) is 79.4 cm³/mol. The lowest BCUT2D eigenvalue weighted by Gasteiger charge is -2.13. The number of aromatic hydroxyl groups is 1. The highest BCUT2D eigenvalue weighted by atomic mass is 35.5. The number of methoxy groups -OCH3 is 1. The first-order valence-corrected chi connectivity index (χ1v) is 6.51. The third kappa shape index (κ3) is 3.35. The van der Waals surface area contributed by atoms with Crippen LogP contribution in [0.2, 0.25) is 5.02 Å². The molecule has 2 rings (SSSR count). The van der Waals surface area contributed by atoms with E-state index in [-0.39, 0.29) is 12.4 Å². The second-order valence-electron chi connectivity index (χ2n) is 4.32. The molecular formula is C15H16ClNO3. The van der Waals surface area contributed by atoms with E-state index < -0.39 is 0 Å². The van der Waals surface area contributed by atoms with E-state index >= 15 is 0 Å². The topological polar surface area (TPSA) is 61.7 Å². The Balaban J connectivity index is 2.14. The number of benzene rings is 2. The molecular weight excluding hydrogens is 278 g/mol. The minimum Gasteiger partial charge on any atom is -0.508 e. The van der Waals surface area contributed by atoms with Crippen molar-refractivity contribution in [3.63, 3.8) is 0 Å². The summed E-state index contributed by atoms with van der Waals surface area (Å²) >= 11 is 6.16. The summed E-state index contributed by atoms with van der Waals surface area (Å²) in [6.45, 7) is 0.447. The molecule has 0 atom stereocenters. The molecule has 0 aliphatic heterocycles. The fourth-order valence-electron chi connectivity index (χ4n) is 1.85. The molecule has 5 heteroatoms. The van der Waals surface area contributed by atoms with E-state index in [2.05, 4.69) is 5.32 Å². The van der Waals surface area contributed by atoms with Gasteiger partial charge in [-0.3, -0.25) is 0 Å². The van der Waals surface area contributed by atoms with E-state index in [4.69, 9.17) is 16.3 Å². The summed E-state index contributed by atoms with van der Waals surface area (Å²) in [5.74, 6) is 0.825. The van der Waals surface area contributed by atoms with E-state index in [0.717, 1.165) is 11.3 Å². The Hall–Kier alpha value is -1.91. The molecule has 0 spiro atoms. The Bertz CT molecular complexity index is 584. The highest BCUT2D eigenvalue weighted by Crippen LogP contribution is 2.31. The van der Waals surface area contributed by atoms with Gasteiger partial charge < -0.3 is 20.3 Å². The maximum absolute atomic E-state index is 9.23.